The summed E-state index contributed by atoms with van der Waals surface area (Å²) < 4.78 is 2.13. The van der Waals surface area contributed by atoms with Gasteiger partial charge in [0.15, 0.2) is 0 Å². The van der Waals surface area contributed by atoms with E-state index in [4.69, 9.17) is 5.11 Å². The van der Waals surface area contributed by atoms with Crippen LogP contribution < -0.4 is 10.6 Å². The Morgan fingerprint density at radius 3 is 2.46 bits per heavy atom. The van der Waals surface area contributed by atoms with E-state index >= 15 is 0 Å². The highest BCUT2D eigenvalue weighted by molar-refractivity contribution is 5.88. The van der Waals surface area contributed by atoms with Crippen LogP contribution in [0.15, 0.2) is 60.8 Å². The van der Waals surface area contributed by atoms with Crippen molar-refractivity contribution in [3.8, 4) is 0 Å². The maximum atomic E-state index is 12.0. The van der Waals surface area contributed by atoms with E-state index < -0.39 is 12.1 Å². The number of amides is 2. The first-order valence-electron chi connectivity index (χ1n) is 8.40. The largest absolute Gasteiger partial charge is 0.465 e. The fourth-order valence-electron chi connectivity index (χ4n) is 3.15. The van der Waals surface area contributed by atoms with Crippen LogP contribution in [0.3, 0.4) is 0 Å². The molecule has 0 saturated heterocycles. The topological polar surface area (TPSA) is 83.4 Å². The molecular weight excluding hydrogens is 330 g/mol. The van der Waals surface area contributed by atoms with Gasteiger partial charge in [0.2, 0.25) is 5.91 Å². The van der Waals surface area contributed by atoms with Crippen LogP contribution in [0.5, 0.6) is 0 Å². The SMILES string of the molecule is CNC(=O)[C@H](Cc1cn(Cc2ccccc2)c2ccccc12)NC(=O)O. The average Bonchev–Trinajstić information content (AvgIpc) is 2.99. The van der Waals surface area contributed by atoms with Crippen molar-refractivity contribution in [2.45, 2.75) is 19.0 Å². The smallest absolute Gasteiger partial charge is 0.405 e. The summed E-state index contributed by atoms with van der Waals surface area (Å²) in [7, 11) is 1.50. The lowest BCUT2D eigenvalue weighted by molar-refractivity contribution is -0.122. The van der Waals surface area contributed by atoms with Crippen LogP contribution in [0.2, 0.25) is 0 Å². The molecule has 1 atom stereocenters. The summed E-state index contributed by atoms with van der Waals surface area (Å²) in [6.45, 7) is 0.707. The number of para-hydroxylation sites is 1. The molecule has 0 bridgehead atoms. The molecule has 0 fully saturated rings. The molecule has 2 aromatic carbocycles. The summed E-state index contributed by atoms with van der Waals surface area (Å²) in [6.07, 6.45) is 1.07. The second-order valence-electron chi connectivity index (χ2n) is 6.11. The quantitative estimate of drug-likeness (QED) is 0.638. The number of hydrogen-bond donors (Lipinski definition) is 3. The van der Waals surface area contributed by atoms with Gasteiger partial charge >= 0.3 is 6.09 Å². The van der Waals surface area contributed by atoms with Crippen molar-refractivity contribution in [1.82, 2.24) is 15.2 Å². The minimum Gasteiger partial charge on any atom is -0.465 e. The Balaban J connectivity index is 1.95. The third kappa shape index (κ3) is 3.85. The molecule has 1 aromatic heterocycles. The van der Waals surface area contributed by atoms with E-state index in [1.807, 2.05) is 48.7 Å². The second kappa shape index (κ2) is 7.74. The Bertz CT molecular complexity index is 918. The van der Waals surface area contributed by atoms with Crippen LogP contribution in [0, 0.1) is 0 Å². The van der Waals surface area contributed by atoms with E-state index in [9.17, 15) is 9.59 Å². The minimum absolute atomic E-state index is 0.286. The number of carbonyl (C=O) groups is 2. The van der Waals surface area contributed by atoms with Gasteiger partial charge in [-0.15, -0.1) is 0 Å². The molecule has 134 valence electrons. The lowest BCUT2D eigenvalue weighted by Gasteiger charge is -2.14. The number of hydrogen-bond acceptors (Lipinski definition) is 2. The summed E-state index contributed by atoms with van der Waals surface area (Å²) in [5.74, 6) is -0.354. The Kier molecular flexibility index (Phi) is 5.22. The van der Waals surface area contributed by atoms with Crippen LogP contribution in [0.25, 0.3) is 10.9 Å². The van der Waals surface area contributed by atoms with Gasteiger partial charge in [0.1, 0.15) is 6.04 Å². The van der Waals surface area contributed by atoms with Crippen LogP contribution in [0.1, 0.15) is 11.1 Å². The maximum absolute atomic E-state index is 12.0. The molecule has 0 aliphatic carbocycles. The number of benzene rings is 2. The van der Waals surface area contributed by atoms with Gasteiger partial charge in [-0.1, -0.05) is 48.5 Å². The van der Waals surface area contributed by atoms with E-state index in [2.05, 4.69) is 27.3 Å². The van der Waals surface area contributed by atoms with Crippen molar-refractivity contribution in [2.24, 2.45) is 0 Å². The molecule has 6 nitrogen and oxygen atoms in total. The highest BCUT2D eigenvalue weighted by Crippen LogP contribution is 2.23. The Labute approximate surface area is 151 Å². The normalized spacial score (nSPS) is 11.9. The maximum Gasteiger partial charge on any atom is 0.405 e. The Hall–Kier alpha value is -3.28. The van der Waals surface area contributed by atoms with Gasteiger partial charge in [-0.2, -0.15) is 0 Å². The highest BCUT2D eigenvalue weighted by Gasteiger charge is 2.22. The number of carboxylic acid groups (broad SMARTS) is 1. The first-order chi connectivity index (χ1) is 12.6. The van der Waals surface area contributed by atoms with Gasteiger partial charge in [0.25, 0.3) is 0 Å². The molecule has 0 aliphatic heterocycles. The van der Waals surface area contributed by atoms with Gasteiger partial charge in [-0.3, -0.25) is 4.79 Å². The lowest BCUT2D eigenvalue weighted by Crippen LogP contribution is -2.46. The highest BCUT2D eigenvalue weighted by atomic mass is 16.4. The molecule has 26 heavy (non-hydrogen) atoms. The van der Waals surface area contributed by atoms with Crippen LogP contribution in [-0.4, -0.2) is 34.8 Å². The van der Waals surface area contributed by atoms with Crippen molar-refractivity contribution in [3.05, 3.63) is 71.9 Å². The second-order valence-corrected chi connectivity index (χ2v) is 6.11. The Morgan fingerprint density at radius 1 is 1.08 bits per heavy atom. The predicted molar refractivity (Wildman–Crippen MR) is 100 cm³/mol. The molecule has 1 heterocycles. The summed E-state index contributed by atoms with van der Waals surface area (Å²) in [6, 6.07) is 17.2. The van der Waals surface area contributed by atoms with Gasteiger partial charge in [0.05, 0.1) is 0 Å². The van der Waals surface area contributed by atoms with Crippen molar-refractivity contribution in [2.75, 3.05) is 7.05 Å². The average molecular weight is 351 g/mol. The van der Waals surface area contributed by atoms with Crippen molar-refractivity contribution in [3.63, 3.8) is 0 Å². The fourth-order valence-corrected chi connectivity index (χ4v) is 3.15. The first-order valence-corrected chi connectivity index (χ1v) is 8.40. The number of aromatic nitrogens is 1. The zero-order valence-corrected chi connectivity index (χ0v) is 14.5. The molecule has 0 spiro atoms. The molecule has 3 rings (SSSR count). The summed E-state index contributed by atoms with van der Waals surface area (Å²) in [5, 5.41) is 14.9. The van der Waals surface area contributed by atoms with E-state index in [-0.39, 0.29) is 12.3 Å². The van der Waals surface area contributed by atoms with Crippen LogP contribution in [0.4, 0.5) is 4.79 Å². The summed E-state index contributed by atoms with van der Waals surface area (Å²) in [5.41, 5.74) is 3.16. The van der Waals surface area contributed by atoms with Gasteiger partial charge in [-0.25, -0.2) is 4.79 Å². The van der Waals surface area contributed by atoms with Crippen molar-refractivity contribution >= 4 is 22.9 Å². The van der Waals surface area contributed by atoms with Gasteiger partial charge < -0.3 is 20.3 Å². The zero-order chi connectivity index (χ0) is 18.5. The van der Waals surface area contributed by atoms with Gasteiger partial charge in [0, 0.05) is 37.1 Å². The molecule has 6 heteroatoms. The lowest BCUT2D eigenvalue weighted by atomic mass is 10.0. The van der Waals surface area contributed by atoms with E-state index in [0.29, 0.717) is 6.54 Å². The third-order valence-corrected chi connectivity index (χ3v) is 4.35. The standard InChI is InChI=1S/C20H21N3O3/c1-21-19(24)17(22-20(25)26)11-15-13-23(12-14-7-3-2-4-8-14)18-10-6-5-9-16(15)18/h2-10,13,17,22H,11-12H2,1H3,(H,21,24)(H,25,26)/t17-/m0/s1. The van der Waals surface area contributed by atoms with Crippen molar-refractivity contribution in [1.29, 1.82) is 0 Å². The minimum atomic E-state index is -1.22. The number of carbonyl (C=O) groups excluding carboxylic acids is 1. The molecule has 0 aliphatic rings. The molecule has 3 N–H and O–H groups in total. The number of likely N-dealkylation sites (N-methyl/N-ethyl adjacent to an activating group) is 1. The number of fused-ring (bicyclic) bond motifs is 1. The first kappa shape index (κ1) is 17.5. The monoisotopic (exact) mass is 351 g/mol. The third-order valence-electron chi connectivity index (χ3n) is 4.35. The number of nitrogens with one attached hydrogen (secondary N) is 2. The van der Waals surface area contributed by atoms with Crippen LogP contribution in [-0.2, 0) is 17.8 Å². The van der Waals surface area contributed by atoms with Gasteiger partial charge in [-0.05, 0) is 17.2 Å². The van der Waals surface area contributed by atoms with E-state index in [1.54, 1.807) is 0 Å². The number of nitrogens with zero attached hydrogens (tertiary/aromatic N) is 1. The van der Waals surface area contributed by atoms with E-state index in [1.165, 1.54) is 12.6 Å². The zero-order valence-electron chi connectivity index (χ0n) is 14.5. The fraction of sp³-hybridized carbons (Fsp3) is 0.200. The molecule has 3 aromatic rings. The summed E-state index contributed by atoms with van der Waals surface area (Å²) >= 11 is 0. The molecule has 0 unspecified atom stereocenters. The molecule has 2 amide bonds. The van der Waals surface area contributed by atoms with Crippen molar-refractivity contribution < 1.29 is 14.7 Å². The predicted octanol–water partition coefficient (Wildman–Crippen LogP) is 2.61. The molecule has 0 saturated carbocycles. The van der Waals surface area contributed by atoms with Crippen LogP contribution >= 0.6 is 0 Å². The Morgan fingerprint density at radius 2 is 1.77 bits per heavy atom. The van der Waals surface area contributed by atoms with E-state index in [0.717, 1.165) is 16.5 Å². The molecular formula is C20H21N3O3. The number of rotatable bonds is 6. The summed E-state index contributed by atoms with van der Waals surface area (Å²) in [4.78, 5) is 23.1. The molecule has 0 radical (unpaired) electrons.